The van der Waals surface area contributed by atoms with E-state index >= 15 is 0 Å². The fourth-order valence-electron chi connectivity index (χ4n) is 0.694. The SMILES string of the molecule is C=C(O)/C=C\C(=C)c1nnc(C)s1. The molecule has 0 unspecified atom stereocenters. The van der Waals surface area contributed by atoms with E-state index < -0.39 is 0 Å². The Morgan fingerprint density at radius 3 is 2.54 bits per heavy atom. The first-order chi connectivity index (χ1) is 6.09. The minimum Gasteiger partial charge on any atom is -0.509 e. The normalized spacial score (nSPS) is 10.5. The molecule has 0 radical (unpaired) electrons. The van der Waals surface area contributed by atoms with E-state index in [-0.39, 0.29) is 5.76 Å². The van der Waals surface area contributed by atoms with E-state index in [1.807, 2.05) is 6.92 Å². The molecule has 0 bridgehead atoms. The first-order valence-corrected chi connectivity index (χ1v) is 4.46. The van der Waals surface area contributed by atoms with E-state index in [0.29, 0.717) is 0 Å². The first kappa shape index (κ1) is 9.67. The number of allylic oxidation sites excluding steroid dienone is 3. The molecule has 1 aromatic heterocycles. The Labute approximate surface area is 80.8 Å². The lowest BCUT2D eigenvalue weighted by molar-refractivity contribution is 0.435. The van der Waals surface area contributed by atoms with Gasteiger partial charge in [0.2, 0.25) is 0 Å². The molecule has 4 heteroatoms. The van der Waals surface area contributed by atoms with Crippen molar-refractivity contribution in [1.82, 2.24) is 10.2 Å². The highest BCUT2D eigenvalue weighted by Crippen LogP contribution is 2.18. The largest absolute Gasteiger partial charge is 0.509 e. The van der Waals surface area contributed by atoms with Crippen molar-refractivity contribution in [2.24, 2.45) is 0 Å². The summed E-state index contributed by atoms with van der Waals surface area (Å²) >= 11 is 1.46. The molecule has 0 atom stereocenters. The summed E-state index contributed by atoms with van der Waals surface area (Å²) in [6.07, 6.45) is 3.13. The topological polar surface area (TPSA) is 46.0 Å². The summed E-state index contributed by atoms with van der Waals surface area (Å²) in [4.78, 5) is 0. The van der Waals surface area contributed by atoms with Crippen LogP contribution in [0.4, 0.5) is 0 Å². The summed E-state index contributed by atoms with van der Waals surface area (Å²) in [5.41, 5.74) is 0.723. The monoisotopic (exact) mass is 194 g/mol. The van der Waals surface area contributed by atoms with Crippen molar-refractivity contribution >= 4 is 16.9 Å². The number of nitrogens with zero attached hydrogens (tertiary/aromatic N) is 2. The second-order valence-electron chi connectivity index (χ2n) is 2.48. The fraction of sp³-hybridized carbons (Fsp3) is 0.111. The number of aliphatic hydroxyl groups is 1. The molecular formula is C9H10N2OS. The maximum Gasteiger partial charge on any atom is 0.147 e. The Bertz CT molecular complexity index is 365. The van der Waals surface area contributed by atoms with Crippen molar-refractivity contribution in [1.29, 1.82) is 0 Å². The van der Waals surface area contributed by atoms with Crippen LogP contribution >= 0.6 is 11.3 Å². The molecule has 1 heterocycles. The molecule has 0 fully saturated rings. The molecule has 1 N–H and O–H groups in total. The quantitative estimate of drug-likeness (QED) is 0.594. The second kappa shape index (κ2) is 4.00. The van der Waals surface area contributed by atoms with Crippen molar-refractivity contribution in [2.45, 2.75) is 6.92 Å². The number of aliphatic hydroxyl groups excluding tert-OH is 1. The van der Waals surface area contributed by atoms with E-state index in [4.69, 9.17) is 5.11 Å². The highest BCUT2D eigenvalue weighted by Gasteiger charge is 2.01. The van der Waals surface area contributed by atoms with Gasteiger partial charge in [-0.25, -0.2) is 0 Å². The highest BCUT2D eigenvalue weighted by molar-refractivity contribution is 7.12. The van der Waals surface area contributed by atoms with E-state index in [2.05, 4.69) is 23.4 Å². The van der Waals surface area contributed by atoms with Gasteiger partial charge in [-0.2, -0.15) is 0 Å². The molecule has 0 aliphatic carbocycles. The molecule has 0 aromatic carbocycles. The molecule has 0 aliphatic rings. The third-order valence-corrected chi connectivity index (χ3v) is 2.19. The van der Waals surface area contributed by atoms with Crippen LogP contribution in [0.25, 0.3) is 5.57 Å². The number of aryl methyl sites for hydroxylation is 1. The van der Waals surface area contributed by atoms with Crippen LogP contribution in [0.1, 0.15) is 10.0 Å². The molecule has 0 saturated heterocycles. The van der Waals surface area contributed by atoms with Crippen LogP contribution in [-0.2, 0) is 0 Å². The predicted octanol–water partition coefficient (Wildman–Crippen LogP) is 2.49. The Morgan fingerprint density at radius 1 is 1.38 bits per heavy atom. The van der Waals surface area contributed by atoms with Gasteiger partial charge in [-0.05, 0) is 19.1 Å². The molecule has 0 saturated carbocycles. The average Bonchev–Trinajstić information content (AvgIpc) is 2.47. The zero-order chi connectivity index (χ0) is 9.84. The van der Waals surface area contributed by atoms with Gasteiger partial charge >= 0.3 is 0 Å². The highest BCUT2D eigenvalue weighted by atomic mass is 32.1. The van der Waals surface area contributed by atoms with Gasteiger partial charge in [-0.3, -0.25) is 0 Å². The van der Waals surface area contributed by atoms with Gasteiger partial charge in [0.1, 0.15) is 15.8 Å². The summed E-state index contributed by atoms with van der Waals surface area (Å²) in [5.74, 6) is 0.00221. The van der Waals surface area contributed by atoms with E-state index in [1.54, 1.807) is 6.08 Å². The summed E-state index contributed by atoms with van der Waals surface area (Å²) in [5, 5.41) is 18.2. The van der Waals surface area contributed by atoms with Crippen molar-refractivity contribution in [3.8, 4) is 0 Å². The minimum absolute atomic E-state index is 0.00221. The van der Waals surface area contributed by atoms with Gasteiger partial charge < -0.3 is 5.11 Å². The molecular weight excluding hydrogens is 184 g/mol. The smallest absolute Gasteiger partial charge is 0.147 e. The Morgan fingerprint density at radius 2 is 2.08 bits per heavy atom. The zero-order valence-electron chi connectivity index (χ0n) is 7.32. The van der Waals surface area contributed by atoms with Gasteiger partial charge in [0.05, 0.1) is 0 Å². The van der Waals surface area contributed by atoms with Gasteiger partial charge in [0.15, 0.2) is 0 Å². The average molecular weight is 194 g/mol. The molecule has 0 spiro atoms. The molecule has 13 heavy (non-hydrogen) atoms. The molecule has 1 aromatic rings. The lowest BCUT2D eigenvalue weighted by Crippen LogP contribution is -1.78. The first-order valence-electron chi connectivity index (χ1n) is 3.65. The van der Waals surface area contributed by atoms with Gasteiger partial charge in [-0.1, -0.05) is 24.5 Å². The summed E-state index contributed by atoms with van der Waals surface area (Å²) in [7, 11) is 0. The van der Waals surface area contributed by atoms with Crippen LogP contribution in [0, 0.1) is 6.92 Å². The van der Waals surface area contributed by atoms with Crippen LogP contribution in [-0.4, -0.2) is 15.3 Å². The summed E-state index contributed by atoms with van der Waals surface area (Å²) in [6.45, 7) is 8.98. The summed E-state index contributed by atoms with van der Waals surface area (Å²) < 4.78 is 0. The maximum atomic E-state index is 8.80. The van der Waals surface area contributed by atoms with Crippen molar-refractivity contribution in [3.63, 3.8) is 0 Å². The molecule has 3 nitrogen and oxygen atoms in total. The van der Waals surface area contributed by atoms with Crippen LogP contribution < -0.4 is 0 Å². The van der Waals surface area contributed by atoms with Crippen LogP contribution in [0.15, 0.2) is 31.1 Å². The van der Waals surface area contributed by atoms with E-state index in [0.717, 1.165) is 15.6 Å². The third-order valence-electron chi connectivity index (χ3n) is 1.28. The van der Waals surface area contributed by atoms with Gasteiger partial charge in [0.25, 0.3) is 0 Å². The van der Waals surface area contributed by atoms with E-state index in [9.17, 15) is 0 Å². The van der Waals surface area contributed by atoms with Crippen molar-refractivity contribution in [2.75, 3.05) is 0 Å². The number of hydrogen-bond acceptors (Lipinski definition) is 4. The molecule has 68 valence electrons. The maximum absolute atomic E-state index is 8.80. The molecule has 0 amide bonds. The third kappa shape index (κ3) is 2.83. The zero-order valence-corrected chi connectivity index (χ0v) is 8.14. The predicted molar refractivity (Wildman–Crippen MR) is 54.6 cm³/mol. The van der Waals surface area contributed by atoms with Gasteiger partial charge in [-0.15, -0.1) is 10.2 Å². The van der Waals surface area contributed by atoms with Crippen LogP contribution in [0.5, 0.6) is 0 Å². The minimum atomic E-state index is 0.00221. The van der Waals surface area contributed by atoms with E-state index in [1.165, 1.54) is 17.4 Å². The lowest BCUT2D eigenvalue weighted by Gasteiger charge is -1.90. The van der Waals surface area contributed by atoms with Gasteiger partial charge in [0, 0.05) is 5.57 Å². The van der Waals surface area contributed by atoms with Crippen LogP contribution in [0.3, 0.4) is 0 Å². The fourth-order valence-corrected chi connectivity index (χ4v) is 1.34. The number of hydrogen-bond donors (Lipinski definition) is 1. The lowest BCUT2D eigenvalue weighted by atomic mass is 10.3. The Kier molecular flexibility index (Phi) is 2.97. The molecule has 0 aliphatic heterocycles. The Hall–Kier alpha value is -1.42. The van der Waals surface area contributed by atoms with Crippen LogP contribution in [0.2, 0.25) is 0 Å². The second-order valence-corrected chi connectivity index (χ2v) is 3.66. The van der Waals surface area contributed by atoms with Crippen molar-refractivity contribution in [3.05, 3.63) is 41.1 Å². The Balaban J connectivity index is 2.75. The standard InChI is InChI=1S/C9H10N2OS/c1-6(4-5-7(2)12)9-11-10-8(3)13-9/h4-5,12H,1-2H2,3H3/b5-4-. The number of rotatable bonds is 3. The summed E-state index contributed by atoms with van der Waals surface area (Å²) in [6, 6.07) is 0. The molecule has 1 rings (SSSR count). The van der Waals surface area contributed by atoms with Crippen molar-refractivity contribution < 1.29 is 5.11 Å². The number of aromatic nitrogens is 2.